The lowest BCUT2D eigenvalue weighted by Crippen LogP contribution is -3.18. The lowest BCUT2D eigenvalue weighted by atomic mass is 9.87. The highest BCUT2D eigenvalue weighted by atomic mass is 15.2. The first kappa shape index (κ1) is 12.0. The minimum atomic E-state index is 0.950. The largest absolute Gasteiger partial charge is 0.335 e. The molecule has 1 aliphatic carbocycles. The third-order valence-corrected chi connectivity index (χ3v) is 3.73. The monoisotopic (exact) mass is 200 g/mol. The molecule has 2 heteroatoms. The van der Waals surface area contributed by atoms with Crippen LogP contribution in [0.15, 0.2) is 0 Å². The first-order valence-electron chi connectivity index (χ1n) is 6.21. The number of hydrogen-bond acceptors (Lipinski definition) is 0. The second kappa shape index (κ2) is 5.72. The van der Waals surface area contributed by atoms with Crippen molar-refractivity contribution in [1.29, 1.82) is 0 Å². The van der Waals surface area contributed by atoms with Gasteiger partial charge < -0.3 is 9.80 Å². The number of likely N-dealkylation sites (N-methyl/N-ethyl adjacent to an activating group) is 2. The van der Waals surface area contributed by atoms with Gasteiger partial charge in [-0.15, -0.1) is 0 Å². The van der Waals surface area contributed by atoms with Crippen molar-refractivity contribution < 1.29 is 9.80 Å². The van der Waals surface area contributed by atoms with Gasteiger partial charge in [-0.2, -0.15) is 0 Å². The van der Waals surface area contributed by atoms with Gasteiger partial charge in [0.15, 0.2) is 0 Å². The molecule has 0 spiro atoms. The van der Waals surface area contributed by atoms with Gasteiger partial charge in [-0.25, -0.2) is 0 Å². The Morgan fingerprint density at radius 2 is 1.50 bits per heavy atom. The summed E-state index contributed by atoms with van der Waals surface area (Å²) in [6.45, 7) is 5.04. The summed E-state index contributed by atoms with van der Waals surface area (Å²) in [4.78, 5) is 3.34. The van der Waals surface area contributed by atoms with E-state index in [0.29, 0.717) is 0 Å². The van der Waals surface area contributed by atoms with Crippen LogP contribution in [0, 0.1) is 5.92 Å². The molecule has 1 fully saturated rings. The van der Waals surface area contributed by atoms with Crippen LogP contribution in [0.4, 0.5) is 0 Å². The summed E-state index contributed by atoms with van der Waals surface area (Å²) in [5.74, 6) is 0.985. The fourth-order valence-electron chi connectivity index (χ4n) is 2.40. The van der Waals surface area contributed by atoms with Crippen molar-refractivity contribution in [2.24, 2.45) is 5.92 Å². The van der Waals surface area contributed by atoms with E-state index in [0.717, 1.165) is 12.0 Å². The van der Waals surface area contributed by atoms with E-state index >= 15 is 0 Å². The van der Waals surface area contributed by atoms with E-state index in [-0.39, 0.29) is 0 Å². The van der Waals surface area contributed by atoms with Crippen LogP contribution >= 0.6 is 0 Å². The van der Waals surface area contributed by atoms with Crippen LogP contribution < -0.4 is 9.80 Å². The van der Waals surface area contributed by atoms with Gasteiger partial charge >= 0.3 is 0 Å². The van der Waals surface area contributed by atoms with E-state index in [2.05, 4.69) is 28.1 Å². The second-order valence-electron chi connectivity index (χ2n) is 5.51. The number of hydrogen-bond donors (Lipinski definition) is 2. The van der Waals surface area contributed by atoms with Crippen molar-refractivity contribution in [1.82, 2.24) is 0 Å². The summed E-state index contributed by atoms with van der Waals surface area (Å²) in [5, 5.41) is 0. The summed E-state index contributed by atoms with van der Waals surface area (Å²) < 4.78 is 0. The van der Waals surface area contributed by atoms with Crippen LogP contribution in [-0.4, -0.2) is 40.3 Å². The summed E-state index contributed by atoms with van der Waals surface area (Å²) in [6, 6.07) is 0.950. The molecule has 0 amide bonds. The van der Waals surface area contributed by atoms with Gasteiger partial charge in [0.05, 0.1) is 27.2 Å². The van der Waals surface area contributed by atoms with Gasteiger partial charge in [0.2, 0.25) is 0 Å². The van der Waals surface area contributed by atoms with Crippen molar-refractivity contribution in [2.45, 2.75) is 38.6 Å². The third kappa shape index (κ3) is 3.97. The maximum atomic E-state index is 2.40. The number of quaternary nitrogens is 2. The Hall–Kier alpha value is -0.0800. The zero-order valence-corrected chi connectivity index (χ0v) is 10.4. The van der Waals surface area contributed by atoms with Crippen molar-refractivity contribution in [3.8, 4) is 0 Å². The minimum absolute atomic E-state index is 0.950. The van der Waals surface area contributed by atoms with Gasteiger partial charge in [0, 0.05) is 0 Å². The highest BCUT2D eigenvalue weighted by molar-refractivity contribution is 4.68. The lowest BCUT2D eigenvalue weighted by molar-refractivity contribution is -0.946. The summed E-state index contributed by atoms with van der Waals surface area (Å²) in [7, 11) is 6.87. The number of rotatable bonds is 4. The van der Waals surface area contributed by atoms with Crippen molar-refractivity contribution >= 4 is 0 Å². The van der Waals surface area contributed by atoms with E-state index in [9.17, 15) is 0 Å². The Kier molecular flexibility index (Phi) is 4.90. The Morgan fingerprint density at radius 3 is 2.00 bits per heavy atom. The highest BCUT2D eigenvalue weighted by Gasteiger charge is 2.24. The van der Waals surface area contributed by atoms with Crippen LogP contribution in [0.1, 0.15) is 32.6 Å². The molecule has 84 valence electrons. The van der Waals surface area contributed by atoms with Crippen molar-refractivity contribution in [3.63, 3.8) is 0 Å². The molecule has 0 aromatic heterocycles. The topological polar surface area (TPSA) is 8.88 Å². The van der Waals surface area contributed by atoms with Gasteiger partial charge in [-0.3, -0.25) is 0 Å². The van der Waals surface area contributed by atoms with E-state index < -0.39 is 0 Å². The predicted molar refractivity (Wildman–Crippen MR) is 60.9 cm³/mol. The summed E-state index contributed by atoms with van der Waals surface area (Å²) in [5.41, 5.74) is 0. The molecular formula is C12H28N2+2. The first-order chi connectivity index (χ1) is 6.59. The normalized spacial score (nSPS) is 30.6. The Morgan fingerprint density at radius 1 is 0.929 bits per heavy atom. The van der Waals surface area contributed by atoms with Crippen LogP contribution in [-0.2, 0) is 0 Å². The molecule has 1 unspecified atom stereocenters. The number of nitrogens with one attached hydrogen (secondary N) is 2. The molecule has 2 N–H and O–H groups in total. The molecule has 0 bridgehead atoms. The zero-order valence-electron chi connectivity index (χ0n) is 10.4. The average Bonchev–Trinajstić information content (AvgIpc) is 2.15. The zero-order chi connectivity index (χ0) is 10.6. The molecular weight excluding hydrogens is 172 g/mol. The molecule has 1 atom stereocenters. The van der Waals surface area contributed by atoms with Crippen molar-refractivity contribution in [3.05, 3.63) is 0 Å². The van der Waals surface area contributed by atoms with E-state index in [4.69, 9.17) is 0 Å². The highest BCUT2D eigenvalue weighted by Crippen LogP contribution is 2.21. The molecule has 1 saturated carbocycles. The first-order valence-corrected chi connectivity index (χ1v) is 6.21. The van der Waals surface area contributed by atoms with Crippen LogP contribution in [0.25, 0.3) is 0 Å². The van der Waals surface area contributed by atoms with Crippen LogP contribution in [0.2, 0.25) is 0 Å². The molecule has 0 aromatic rings. The molecule has 2 nitrogen and oxygen atoms in total. The van der Waals surface area contributed by atoms with E-state index in [1.807, 2.05) is 0 Å². The van der Waals surface area contributed by atoms with E-state index in [1.54, 1.807) is 9.80 Å². The Labute approximate surface area is 89.3 Å². The Balaban J connectivity index is 2.20. The van der Waals surface area contributed by atoms with Gasteiger partial charge in [-0.05, 0) is 31.6 Å². The maximum absolute atomic E-state index is 2.40. The molecule has 0 saturated heterocycles. The second-order valence-corrected chi connectivity index (χ2v) is 5.51. The molecule has 0 aliphatic heterocycles. The standard InChI is InChI=1S/C12H26N2/c1-11-5-7-12(8-6-11)14(4)10-9-13(2)3/h11-12H,5-10H2,1-4H3/p+2. The van der Waals surface area contributed by atoms with E-state index in [1.165, 1.54) is 38.8 Å². The summed E-state index contributed by atoms with van der Waals surface area (Å²) >= 11 is 0. The van der Waals surface area contributed by atoms with Gasteiger partial charge in [-0.1, -0.05) is 6.92 Å². The van der Waals surface area contributed by atoms with Crippen molar-refractivity contribution in [2.75, 3.05) is 34.2 Å². The third-order valence-electron chi connectivity index (χ3n) is 3.73. The van der Waals surface area contributed by atoms with Gasteiger partial charge in [0.25, 0.3) is 0 Å². The maximum Gasteiger partial charge on any atom is 0.127 e. The smallest absolute Gasteiger partial charge is 0.127 e. The van der Waals surface area contributed by atoms with Crippen LogP contribution in [0.5, 0.6) is 0 Å². The van der Waals surface area contributed by atoms with Crippen LogP contribution in [0.3, 0.4) is 0 Å². The molecule has 0 radical (unpaired) electrons. The SMILES string of the molecule is CC1CCC([NH+](C)CC[NH+](C)C)CC1. The lowest BCUT2D eigenvalue weighted by Gasteiger charge is -2.30. The van der Waals surface area contributed by atoms with Gasteiger partial charge in [0.1, 0.15) is 13.1 Å². The predicted octanol–water partition coefficient (Wildman–Crippen LogP) is -0.776. The molecule has 14 heavy (non-hydrogen) atoms. The molecule has 0 heterocycles. The fourth-order valence-corrected chi connectivity index (χ4v) is 2.40. The molecule has 1 rings (SSSR count). The minimum Gasteiger partial charge on any atom is -0.335 e. The molecule has 1 aliphatic rings. The summed E-state index contributed by atoms with van der Waals surface area (Å²) in [6.07, 6.45) is 5.82. The molecule has 0 aromatic carbocycles. The average molecular weight is 200 g/mol. The fraction of sp³-hybridized carbons (Fsp3) is 1.00. The Bertz CT molecular complexity index is 148. The quantitative estimate of drug-likeness (QED) is 0.589.